The molecular weight excluding hydrogens is 248 g/mol. The molecule has 0 aliphatic heterocycles. The molecule has 0 saturated heterocycles. The lowest BCUT2D eigenvalue weighted by Gasteiger charge is -2.10. The third-order valence-corrected chi connectivity index (χ3v) is 2.71. The van der Waals surface area contributed by atoms with Crippen LogP contribution in [0.25, 0.3) is 5.69 Å². The van der Waals surface area contributed by atoms with Gasteiger partial charge in [-0.05, 0) is 18.1 Å². The standard InChI is InChI=1S/C13H12N2O4/c1-2-8-5-3-4-6-9(8)15-11(17)7-10(16)12(14-15)13(18)19/h3-7,16H,2H2,1H3,(H,18,19). The minimum atomic E-state index is -1.39. The molecule has 0 unspecified atom stereocenters. The monoisotopic (exact) mass is 260 g/mol. The molecule has 0 spiro atoms. The van der Waals surface area contributed by atoms with Crippen molar-refractivity contribution < 1.29 is 15.0 Å². The Morgan fingerprint density at radius 3 is 2.68 bits per heavy atom. The minimum absolute atomic E-state index is 0.512. The highest BCUT2D eigenvalue weighted by Gasteiger charge is 2.16. The van der Waals surface area contributed by atoms with E-state index in [0.29, 0.717) is 12.1 Å². The van der Waals surface area contributed by atoms with Crippen molar-refractivity contribution >= 4 is 5.97 Å². The van der Waals surface area contributed by atoms with Crippen molar-refractivity contribution in [2.24, 2.45) is 0 Å². The Bertz CT molecular complexity index is 691. The lowest BCUT2D eigenvalue weighted by molar-refractivity contribution is 0.0684. The van der Waals surface area contributed by atoms with Gasteiger partial charge in [0.05, 0.1) is 5.69 Å². The predicted molar refractivity (Wildman–Crippen MR) is 67.8 cm³/mol. The van der Waals surface area contributed by atoms with Crippen LogP contribution in [0.4, 0.5) is 0 Å². The molecule has 6 heteroatoms. The first-order chi connectivity index (χ1) is 9.04. The van der Waals surface area contributed by atoms with Gasteiger partial charge in [0.25, 0.3) is 5.56 Å². The van der Waals surface area contributed by atoms with E-state index in [0.717, 1.165) is 16.3 Å². The van der Waals surface area contributed by atoms with Gasteiger partial charge in [-0.25, -0.2) is 4.79 Å². The van der Waals surface area contributed by atoms with E-state index in [-0.39, 0.29) is 0 Å². The van der Waals surface area contributed by atoms with Crippen LogP contribution in [0.5, 0.6) is 5.75 Å². The van der Waals surface area contributed by atoms with E-state index in [9.17, 15) is 14.7 Å². The number of hydrogen-bond acceptors (Lipinski definition) is 4. The molecule has 98 valence electrons. The predicted octanol–water partition coefficient (Wildman–Crippen LogP) is 1.20. The van der Waals surface area contributed by atoms with Crippen LogP contribution in [0.3, 0.4) is 0 Å². The molecule has 1 aromatic heterocycles. The van der Waals surface area contributed by atoms with Crippen molar-refractivity contribution in [3.63, 3.8) is 0 Å². The van der Waals surface area contributed by atoms with Crippen molar-refractivity contribution in [3.05, 3.63) is 51.9 Å². The molecular formula is C13H12N2O4. The van der Waals surface area contributed by atoms with Gasteiger partial charge in [0.2, 0.25) is 5.69 Å². The van der Waals surface area contributed by atoms with E-state index in [4.69, 9.17) is 5.11 Å². The Hall–Kier alpha value is -2.63. The van der Waals surface area contributed by atoms with Crippen LogP contribution in [0.1, 0.15) is 23.0 Å². The number of carboxylic acid groups (broad SMARTS) is 1. The number of para-hydroxylation sites is 1. The van der Waals surface area contributed by atoms with Crippen molar-refractivity contribution in [2.75, 3.05) is 0 Å². The van der Waals surface area contributed by atoms with Gasteiger partial charge in [-0.3, -0.25) is 4.79 Å². The molecule has 0 aliphatic rings. The molecule has 0 fully saturated rings. The van der Waals surface area contributed by atoms with Crippen LogP contribution < -0.4 is 5.56 Å². The molecule has 2 rings (SSSR count). The highest BCUT2D eigenvalue weighted by atomic mass is 16.4. The van der Waals surface area contributed by atoms with Gasteiger partial charge in [-0.15, -0.1) is 0 Å². The maximum absolute atomic E-state index is 11.8. The molecule has 6 nitrogen and oxygen atoms in total. The molecule has 0 amide bonds. The average Bonchev–Trinajstić information content (AvgIpc) is 2.38. The Labute approximate surface area is 108 Å². The van der Waals surface area contributed by atoms with Gasteiger partial charge in [0, 0.05) is 6.07 Å². The van der Waals surface area contributed by atoms with Crippen molar-refractivity contribution in [2.45, 2.75) is 13.3 Å². The third-order valence-electron chi connectivity index (χ3n) is 2.71. The zero-order valence-electron chi connectivity index (χ0n) is 10.2. The summed E-state index contributed by atoms with van der Waals surface area (Å²) in [5.41, 5.74) is 0.241. The van der Waals surface area contributed by atoms with Crippen molar-refractivity contribution in [1.29, 1.82) is 0 Å². The van der Waals surface area contributed by atoms with Crippen LogP contribution >= 0.6 is 0 Å². The van der Waals surface area contributed by atoms with E-state index < -0.39 is 23.0 Å². The number of carbonyl (C=O) groups is 1. The molecule has 1 aromatic carbocycles. The van der Waals surface area contributed by atoms with Gasteiger partial charge in [0.15, 0.2) is 5.75 Å². The Morgan fingerprint density at radius 2 is 2.05 bits per heavy atom. The maximum Gasteiger partial charge on any atom is 0.360 e. The Balaban J connectivity index is 2.72. The van der Waals surface area contributed by atoms with E-state index >= 15 is 0 Å². The summed E-state index contributed by atoms with van der Waals surface area (Å²) in [7, 11) is 0. The normalized spacial score (nSPS) is 10.4. The van der Waals surface area contributed by atoms with Crippen LogP contribution in [-0.2, 0) is 6.42 Å². The van der Waals surface area contributed by atoms with Gasteiger partial charge in [-0.2, -0.15) is 9.78 Å². The molecule has 0 atom stereocenters. The fourth-order valence-corrected chi connectivity index (χ4v) is 1.79. The number of aromatic carboxylic acids is 1. The second-order valence-electron chi connectivity index (χ2n) is 3.92. The summed E-state index contributed by atoms with van der Waals surface area (Å²) in [6.07, 6.45) is 0.674. The number of aryl methyl sites for hydroxylation is 1. The third kappa shape index (κ3) is 2.33. The van der Waals surface area contributed by atoms with E-state index in [1.165, 1.54) is 0 Å². The first-order valence-corrected chi connectivity index (χ1v) is 5.69. The first-order valence-electron chi connectivity index (χ1n) is 5.69. The largest absolute Gasteiger partial charge is 0.505 e. The van der Waals surface area contributed by atoms with Crippen LogP contribution in [-0.4, -0.2) is 26.0 Å². The number of hydrogen-bond donors (Lipinski definition) is 2. The summed E-state index contributed by atoms with van der Waals surface area (Å²) in [5, 5.41) is 22.0. The van der Waals surface area contributed by atoms with E-state index in [1.54, 1.807) is 12.1 Å². The zero-order valence-corrected chi connectivity index (χ0v) is 10.2. The van der Waals surface area contributed by atoms with E-state index in [2.05, 4.69) is 5.10 Å². The molecule has 2 N–H and O–H groups in total. The van der Waals surface area contributed by atoms with Gasteiger partial charge in [0.1, 0.15) is 0 Å². The average molecular weight is 260 g/mol. The quantitative estimate of drug-likeness (QED) is 0.865. The highest BCUT2D eigenvalue weighted by Crippen LogP contribution is 2.15. The summed E-state index contributed by atoms with van der Waals surface area (Å²) in [4.78, 5) is 22.8. The number of benzene rings is 1. The lowest BCUT2D eigenvalue weighted by Crippen LogP contribution is -2.24. The fraction of sp³-hybridized carbons (Fsp3) is 0.154. The van der Waals surface area contributed by atoms with E-state index in [1.807, 2.05) is 19.1 Å². The summed E-state index contributed by atoms with van der Waals surface area (Å²) >= 11 is 0. The number of aromatic nitrogens is 2. The van der Waals surface area contributed by atoms with Gasteiger partial charge >= 0.3 is 5.97 Å². The van der Waals surface area contributed by atoms with Crippen LogP contribution in [0.15, 0.2) is 35.1 Å². The van der Waals surface area contributed by atoms with Crippen LogP contribution in [0.2, 0.25) is 0 Å². The SMILES string of the molecule is CCc1ccccc1-n1nc(C(=O)O)c(O)cc1=O. The number of carboxylic acids is 1. The lowest BCUT2D eigenvalue weighted by atomic mass is 10.1. The molecule has 0 radical (unpaired) electrons. The van der Waals surface area contributed by atoms with Crippen molar-refractivity contribution in [3.8, 4) is 11.4 Å². The summed E-state index contributed by atoms with van der Waals surface area (Å²) < 4.78 is 0.988. The molecule has 0 bridgehead atoms. The second-order valence-corrected chi connectivity index (χ2v) is 3.92. The highest BCUT2D eigenvalue weighted by molar-refractivity contribution is 5.88. The molecule has 0 aliphatic carbocycles. The van der Waals surface area contributed by atoms with Gasteiger partial charge in [-0.1, -0.05) is 25.1 Å². The molecule has 0 saturated carbocycles. The minimum Gasteiger partial charge on any atom is -0.505 e. The molecule has 2 aromatic rings. The smallest absolute Gasteiger partial charge is 0.360 e. The maximum atomic E-state index is 11.8. The first kappa shape index (κ1) is 12.8. The number of nitrogens with zero attached hydrogens (tertiary/aromatic N) is 2. The number of aromatic hydroxyl groups is 1. The fourth-order valence-electron chi connectivity index (χ4n) is 1.79. The molecule has 1 heterocycles. The van der Waals surface area contributed by atoms with Crippen LogP contribution in [0, 0.1) is 0 Å². The Morgan fingerprint density at radius 1 is 1.37 bits per heavy atom. The second kappa shape index (κ2) is 4.93. The zero-order chi connectivity index (χ0) is 14.0. The van der Waals surface area contributed by atoms with Gasteiger partial charge < -0.3 is 10.2 Å². The summed E-state index contributed by atoms with van der Waals surface area (Å²) in [6.45, 7) is 1.92. The summed E-state index contributed by atoms with van der Waals surface area (Å²) in [6, 6.07) is 7.91. The number of rotatable bonds is 3. The van der Waals surface area contributed by atoms with Crippen molar-refractivity contribution in [1.82, 2.24) is 9.78 Å². The summed E-state index contributed by atoms with van der Waals surface area (Å²) in [5.74, 6) is -2.03. The Kier molecular flexibility index (Phi) is 3.33. The topological polar surface area (TPSA) is 92.4 Å². The molecule has 19 heavy (non-hydrogen) atoms.